The monoisotopic (exact) mass is 435 g/mol. The van der Waals surface area contributed by atoms with E-state index in [4.69, 9.17) is 4.74 Å². The van der Waals surface area contributed by atoms with Gasteiger partial charge in [0, 0.05) is 13.1 Å². The molecule has 1 heterocycles. The maximum atomic E-state index is 5.76. The normalized spacial score (nSPS) is 10.9. The summed E-state index contributed by atoms with van der Waals surface area (Å²) in [4.78, 5) is 13.0. The second kappa shape index (κ2) is 20.3. The smallest absolute Gasteiger partial charge is 0.323 e. The summed E-state index contributed by atoms with van der Waals surface area (Å²) in [7, 11) is 0. The first-order chi connectivity index (χ1) is 15.3. The Morgan fingerprint density at radius 3 is 1.29 bits per heavy atom. The molecule has 1 aromatic rings. The van der Waals surface area contributed by atoms with Gasteiger partial charge in [-0.25, -0.2) is 0 Å². The number of anilines is 2. The van der Waals surface area contributed by atoms with E-state index in [0.29, 0.717) is 24.5 Å². The van der Waals surface area contributed by atoms with Crippen molar-refractivity contribution in [3.8, 4) is 6.01 Å². The van der Waals surface area contributed by atoms with Gasteiger partial charge >= 0.3 is 6.01 Å². The molecule has 180 valence electrons. The Morgan fingerprint density at radius 1 is 0.516 bits per heavy atom. The van der Waals surface area contributed by atoms with Crippen molar-refractivity contribution in [3.05, 3.63) is 0 Å². The van der Waals surface area contributed by atoms with Crippen LogP contribution in [0.3, 0.4) is 0 Å². The largest absolute Gasteiger partial charge is 0.463 e. The Hall–Kier alpha value is -1.59. The minimum atomic E-state index is 0.405. The van der Waals surface area contributed by atoms with Crippen molar-refractivity contribution < 1.29 is 4.74 Å². The summed E-state index contributed by atoms with van der Waals surface area (Å²) in [5, 5.41) is 6.25. The Bertz CT molecular complexity index is 502. The van der Waals surface area contributed by atoms with Crippen molar-refractivity contribution in [2.45, 2.75) is 124 Å². The maximum absolute atomic E-state index is 5.76. The highest BCUT2D eigenvalue weighted by Gasteiger charge is 2.06. The number of ether oxygens (including phenoxy) is 1. The topological polar surface area (TPSA) is 72.0 Å². The van der Waals surface area contributed by atoms with Crippen LogP contribution in [0.1, 0.15) is 124 Å². The summed E-state index contributed by atoms with van der Waals surface area (Å²) >= 11 is 0. The zero-order valence-electron chi connectivity index (χ0n) is 20.7. The van der Waals surface area contributed by atoms with Crippen LogP contribution in [-0.2, 0) is 0 Å². The molecule has 0 atom stereocenters. The minimum Gasteiger partial charge on any atom is -0.463 e. The first kappa shape index (κ1) is 27.4. The number of nitrogens with one attached hydrogen (secondary N) is 2. The highest BCUT2D eigenvalue weighted by Crippen LogP contribution is 2.14. The van der Waals surface area contributed by atoms with Crippen LogP contribution in [0.25, 0.3) is 0 Å². The van der Waals surface area contributed by atoms with Gasteiger partial charge in [0.25, 0.3) is 0 Å². The average Bonchev–Trinajstić information content (AvgIpc) is 2.76. The quantitative estimate of drug-likeness (QED) is 0.185. The van der Waals surface area contributed by atoms with Crippen molar-refractivity contribution in [2.24, 2.45) is 0 Å². The molecule has 0 fully saturated rings. The van der Waals surface area contributed by atoms with Gasteiger partial charge in [0.15, 0.2) is 0 Å². The van der Waals surface area contributed by atoms with Crippen molar-refractivity contribution in [3.63, 3.8) is 0 Å². The van der Waals surface area contributed by atoms with Crippen LogP contribution < -0.4 is 15.4 Å². The molecule has 0 saturated heterocycles. The SMILES string of the molecule is CCCCCCCCCCCCCCCCCCOc1nc(NCC)nc(NCC)n1. The zero-order chi connectivity index (χ0) is 22.4. The molecule has 31 heavy (non-hydrogen) atoms. The summed E-state index contributed by atoms with van der Waals surface area (Å²) in [6.45, 7) is 8.54. The molecule has 0 bridgehead atoms. The van der Waals surface area contributed by atoms with Crippen LogP contribution in [0.15, 0.2) is 0 Å². The molecule has 1 aromatic heterocycles. The highest BCUT2D eigenvalue weighted by atomic mass is 16.5. The molecule has 0 aliphatic heterocycles. The molecule has 0 radical (unpaired) electrons. The lowest BCUT2D eigenvalue weighted by molar-refractivity contribution is 0.281. The Balaban J connectivity index is 1.93. The van der Waals surface area contributed by atoms with Crippen LogP contribution in [-0.4, -0.2) is 34.6 Å². The van der Waals surface area contributed by atoms with Crippen molar-refractivity contribution in [2.75, 3.05) is 30.3 Å². The maximum Gasteiger partial charge on any atom is 0.323 e. The van der Waals surface area contributed by atoms with Crippen LogP contribution in [0, 0.1) is 0 Å². The molecule has 0 amide bonds. The molecule has 6 heteroatoms. The third kappa shape index (κ3) is 15.8. The molecule has 0 unspecified atom stereocenters. The van der Waals surface area contributed by atoms with Gasteiger partial charge in [-0.15, -0.1) is 0 Å². The van der Waals surface area contributed by atoms with E-state index in [1.54, 1.807) is 0 Å². The highest BCUT2D eigenvalue weighted by molar-refractivity contribution is 5.35. The van der Waals surface area contributed by atoms with Gasteiger partial charge in [-0.2, -0.15) is 15.0 Å². The van der Waals surface area contributed by atoms with Gasteiger partial charge < -0.3 is 15.4 Å². The first-order valence-electron chi connectivity index (χ1n) is 13.2. The third-order valence-electron chi connectivity index (χ3n) is 5.51. The Kier molecular flexibility index (Phi) is 18.0. The number of unbranched alkanes of at least 4 members (excludes halogenated alkanes) is 15. The lowest BCUT2D eigenvalue weighted by Crippen LogP contribution is -2.11. The molecular formula is C25H49N5O. The molecule has 6 nitrogen and oxygen atoms in total. The van der Waals surface area contributed by atoms with Gasteiger partial charge in [0.05, 0.1) is 6.61 Å². The predicted molar refractivity (Wildman–Crippen MR) is 133 cm³/mol. The van der Waals surface area contributed by atoms with Gasteiger partial charge in [-0.3, -0.25) is 0 Å². The molecule has 2 N–H and O–H groups in total. The molecule has 0 aliphatic carbocycles. The van der Waals surface area contributed by atoms with E-state index in [1.165, 1.54) is 96.3 Å². The molecule has 0 saturated carbocycles. The number of aromatic nitrogens is 3. The fourth-order valence-electron chi connectivity index (χ4n) is 3.71. The summed E-state index contributed by atoms with van der Waals surface area (Å²) < 4.78 is 5.76. The van der Waals surface area contributed by atoms with E-state index in [9.17, 15) is 0 Å². The molecule has 0 aliphatic rings. The van der Waals surface area contributed by atoms with Crippen molar-refractivity contribution in [1.29, 1.82) is 0 Å². The van der Waals surface area contributed by atoms with Gasteiger partial charge in [-0.05, 0) is 20.3 Å². The van der Waals surface area contributed by atoms with Crippen LogP contribution in [0.2, 0.25) is 0 Å². The summed E-state index contributed by atoms with van der Waals surface area (Å²) in [5.74, 6) is 1.13. The van der Waals surface area contributed by atoms with E-state index in [0.717, 1.165) is 19.5 Å². The molecule has 0 spiro atoms. The lowest BCUT2D eigenvalue weighted by Gasteiger charge is -2.09. The van der Waals surface area contributed by atoms with E-state index in [1.807, 2.05) is 13.8 Å². The standard InChI is InChI=1S/C25H49N5O/c1-4-7-8-9-10-11-12-13-14-15-16-17-18-19-20-21-22-31-25-29-23(26-5-2)28-24(30-25)27-6-3/h4-22H2,1-3H3,(H2,26,27,28,29,30). The fourth-order valence-corrected chi connectivity index (χ4v) is 3.71. The van der Waals surface area contributed by atoms with Crippen LogP contribution in [0.4, 0.5) is 11.9 Å². The first-order valence-corrected chi connectivity index (χ1v) is 13.2. The summed E-state index contributed by atoms with van der Waals surface area (Å²) in [6, 6.07) is 0.405. The number of hydrogen-bond acceptors (Lipinski definition) is 6. The van der Waals surface area contributed by atoms with Gasteiger partial charge in [0.2, 0.25) is 11.9 Å². The Labute approximate surface area is 191 Å². The van der Waals surface area contributed by atoms with Crippen LogP contribution in [0.5, 0.6) is 6.01 Å². The molecule has 1 rings (SSSR count). The third-order valence-corrected chi connectivity index (χ3v) is 5.51. The lowest BCUT2D eigenvalue weighted by atomic mass is 10.0. The van der Waals surface area contributed by atoms with Crippen molar-refractivity contribution in [1.82, 2.24) is 15.0 Å². The minimum absolute atomic E-state index is 0.405. The van der Waals surface area contributed by atoms with E-state index in [-0.39, 0.29) is 0 Å². The summed E-state index contributed by atoms with van der Waals surface area (Å²) in [5.41, 5.74) is 0. The second-order valence-electron chi connectivity index (χ2n) is 8.48. The number of hydrogen-bond donors (Lipinski definition) is 2. The average molecular weight is 436 g/mol. The Morgan fingerprint density at radius 2 is 0.903 bits per heavy atom. The summed E-state index contributed by atoms with van der Waals surface area (Å²) in [6.07, 6.45) is 22.0. The van der Waals surface area contributed by atoms with E-state index in [2.05, 4.69) is 32.5 Å². The van der Waals surface area contributed by atoms with E-state index >= 15 is 0 Å². The van der Waals surface area contributed by atoms with Gasteiger partial charge in [-0.1, -0.05) is 103 Å². The zero-order valence-corrected chi connectivity index (χ0v) is 20.7. The van der Waals surface area contributed by atoms with E-state index < -0.39 is 0 Å². The van der Waals surface area contributed by atoms with Crippen molar-refractivity contribution >= 4 is 11.9 Å². The van der Waals surface area contributed by atoms with Crippen LogP contribution >= 0.6 is 0 Å². The fraction of sp³-hybridized carbons (Fsp3) is 0.880. The molecule has 0 aromatic carbocycles. The number of rotatable bonds is 22. The molecular weight excluding hydrogens is 386 g/mol. The predicted octanol–water partition coefficient (Wildman–Crippen LogP) is 7.38. The number of nitrogens with zero attached hydrogens (tertiary/aromatic N) is 3. The van der Waals surface area contributed by atoms with Gasteiger partial charge in [0.1, 0.15) is 0 Å². The second-order valence-corrected chi connectivity index (χ2v) is 8.48.